The van der Waals surface area contributed by atoms with Crippen molar-refractivity contribution in [2.45, 2.75) is 38.5 Å². The maximum absolute atomic E-state index is 15.6. The van der Waals surface area contributed by atoms with E-state index in [1.807, 2.05) is 10.6 Å². The zero-order valence-electron chi connectivity index (χ0n) is 24.1. The van der Waals surface area contributed by atoms with Crippen LogP contribution in [0.3, 0.4) is 0 Å². The van der Waals surface area contributed by atoms with Crippen molar-refractivity contribution < 1.29 is 32.5 Å². The predicted octanol–water partition coefficient (Wildman–Crippen LogP) is 6.68. The van der Waals surface area contributed by atoms with Gasteiger partial charge in [-0.05, 0) is 72.9 Å². The molecular weight excluding hydrogens is 585 g/mol. The molecule has 45 heavy (non-hydrogen) atoms. The Morgan fingerprint density at radius 2 is 1.80 bits per heavy atom. The van der Waals surface area contributed by atoms with Gasteiger partial charge in [0.2, 0.25) is 5.88 Å². The molecule has 0 amide bonds. The van der Waals surface area contributed by atoms with Gasteiger partial charge in [-0.15, -0.1) is 0 Å². The standard InChI is InChI=1S/C34H27F3N4O4/c1-44-24-9-20(10-24)17-41-31-13-21(34(42)43)7-8-30(31)39-32(41)14-23-12-28(37)25(15-27(23)36)29-3-2-4-33(40-29)45-18-22-6-5-19(16-38)11-26(22)35/h2-8,11-13,15,20,24H,9-10,14,17-18H2,1H3,(H,42,43)/t20-,24-. The van der Waals surface area contributed by atoms with E-state index in [1.54, 1.807) is 25.3 Å². The van der Waals surface area contributed by atoms with Gasteiger partial charge in [-0.3, -0.25) is 0 Å². The van der Waals surface area contributed by atoms with Gasteiger partial charge in [-0.25, -0.2) is 27.9 Å². The van der Waals surface area contributed by atoms with Crippen LogP contribution in [0.25, 0.3) is 22.3 Å². The van der Waals surface area contributed by atoms with Crippen LogP contribution >= 0.6 is 0 Å². The molecule has 1 N–H and O–H groups in total. The molecule has 1 saturated carbocycles. The molecule has 1 aliphatic rings. The summed E-state index contributed by atoms with van der Waals surface area (Å²) in [5.41, 5.74) is 1.82. The van der Waals surface area contributed by atoms with E-state index in [1.165, 1.54) is 30.3 Å². The molecule has 0 radical (unpaired) electrons. The number of hydrogen-bond donors (Lipinski definition) is 1. The normalized spacial score (nSPS) is 15.9. The zero-order valence-corrected chi connectivity index (χ0v) is 24.1. The maximum atomic E-state index is 15.6. The molecule has 1 aliphatic carbocycles. The van der Waals surface area contributed by atoms with Crippen LogP contribution in [0.5, 0.6) is 5.88 Å². The van der Waals surface area contributed by atoms with Gasteiger partial charge in [-0.1, -0.05) is 12.1 Å². The summed E-state index contributed by atoms with van der Waals surface area (Å²) in [5.74, 6) is -2.18. The van der Waals surface area contributed by atoms with Crippen molar-refractivity contribution in [1.29, 1.82) is 5.26 Å². The third-order valence-corrected chi connectivity index (χ3v) is 8.08. The zero-order chi connectivity index (χ0) is 31.7. The number of methoxy groups -OCH3 is 1. The highest BCUT2D eigenvalue weighted by atomic mass is 19.1. The fourth-order valence-electron chi connectivity index (χ4n) is 5.54. The number of fused-ring (bicyclic) bond motifs is 1. The number of hydrogen-bond acceptors (Lipinski definition) is 6. The minimum atomic E-state index is -1.07. The van der Waals surface area contributed by atoms with E-state index in [0.717, 1.165) is 31.0 Å². The number of aromatic nitrogens is 3. The molecule has 1 fully saturated rings. The number of carboxylic acids is 1. The second kappa shape index (κ2) is 12.4. The van der Waals surface area contributed by atoms with E-state index < -0.39 is 23.4 Å². The quantitative estimate of drug-likeness (QED) is 0.187. The van der Waals surface area contributed by atoms with Crippen LogP contribution in [0.1, 0.15) is 45.7 Å². The number of rotatable bonds is 10. The summed E-state index contributed by atoms with van der Waals surface area (Å²) in [7, 11) is 1.66. The second-order valence-corrected chi connectivity index (χ2v) is 11.0. The molecule has 0 unspecified atom stereocenters. The smallest absolute Gasteiger partial charge is 0.335 e. The van der Waals surface area contributed by atoms with Crippen LogP contribution in [0, 0.1) is 34.7 Å². The number of benzene rings is 3. The van der Waals surface area contributed by atoms with Gasteiger partial charge in [0.25, 0.3) is 0 Å². The Hall–Kier alpha value is -5.21. The number of carboxylic acid groups (broad SMARTS) is 1. The molecule has 11 heteroatoms. The summed E-state index contributed by atoms with van der Waals surface area (Å²) in [6.45, 7) is 0.367. The number of ether oxygens (including phenoxy) is 2. The first-order valence-electron chi connectivity index (χ1n) is 14.2. The van der Waals surface area contributed by atoms with E-state index in [9.17, 15) is 14.3 Å². The van der Waals surface area contributed by atoms with Crippen LogP contribution in [-0.4, -0.2) is 38.8 Å². The monoisotopic (exact) mass is 612 g/mol. The number of imidazole rings is 1. The first kappa shape index (κ1) is 29.8. The van der Waals surface area contributed by atoms with Crippen molar-refractivity contribution in [3.63, 3.8) is 0 Å². The van der Waals surface area contributed by atoms with Crippen molar-refractivity contribution in [2.75, 3.05) is 7.11 Å². The molecule has 0 saturated heterocycles. The molecule has 0 bridgehead atoms. The van der Waals surface area contributed by atoms with Crippen LogP contribution < -0.4 is 4.74 Å². The van der Waals surface area contributed by atoms with E-state index >= 15 is 8.78 Å². The van der Waals surface area contributed by atoms with Gasteiger partial charge >= 0.3 is 5.97 Å². The summed E-state index contributed by atoms with van der Waals surface area (Å²) < 4.78 is 58.2. The highest BCUT2D eigenvalue weighted by Gasteiger charge is 2.30. The SMILES string of the molecule is CO[C@H]1C[C@H](Cn2c(Cc3cc(F)c(-c4cccc(OCc5ccc(C#N)cc5F)n4)cc3F)nc3ccc(C(=O)O)cc32)C1. The third kappa shape index (κ3) is 6.23. The highest BCUT2D eigenvalue weighted by molar-refractivity contribution is 5.92. The lowest BCUT2D eigenvalue weighted by molar-refractivity contribution is -0.00424. The van der Waals surface area contributed by atoms with Crippen molar-refractivity contribution in [3.05, 3.63) is 112 Å². The molecule has 8 nitrogen and oxygen atoms in total. The van der Waals surface area contributed by atoms with Gasteiger partial charge in [0.05, 0.1) is 40.0 Å². The fourth-order valence-corrected chi connectivity index (χ4v) is 5.54. The predicted molar refractivity (Wildman–Crippen MR) is 158 cm³/mol. The van der Waals surface area contributed by atoms with Crippen molar-refractivity contribution in [1.82, 2.24) is 14.5 Å². The Balaban J connectivity index is 1.25. The first-order chi connectivity index (χ1) is 21.7. The first-order valence-corrected chi connectivity index (χ1v) is 14.2. The minimum Gasteiger partial charge on any atom is -0.478 e. The molecule has 3 aromatic carbocycles. The van der Waals surface area contributed by atoms with E-state index in [-0.39, 0.29) is 64.4 Å². The molecule has 6 rings (SSSR count). The number of carbonyl (C=O) groups is 1. The largest absolute Gasteiger partial charge is 0.478 e. The van der Waals surface area contributed by atoms with E-state index in [4.69, 9.17) is 14.7 Å². The number of aromatic carboxylic acids is 1. The molecular formula is C34H27F3N4O4. The van der Waals surface area contributed by atoms with E-state index in [0.29, 0.717) is 23.4 Å². The summed E-state index contributed by atoms with van der Waals surface area (Å²) in [6, 6.07) is 17.3. The van der Waals surface area contributed by atoms with Crippen LogP contribution in [-0.2, 0) is 24.3 Å². The molecule has 0 aliphatic heterocycles. The van der Waals surface area contributed by atoms with Gasteiger partial charge in [0, 0.05) is 37.3 Å². The third-order valence-electron chi connectivity index (χ3n) is 8.08. The number of halogens is 3. The number of pyridine rings is 1. The summed E-state index contributed by atoms with van der Waals surface area (Å²) in [4.78, 5) is 20.6. The van der Waals surface area contributed by atoms with Crippen LogP contribution in [0.4, 0.5) is 13.2 Å². The molecule has 0 atom stereocenters. The Labute approximate surface area is 256 Å². The average molecular weight is 613 g/mol. The second-order valence-electron chi connectivity index (χ2n) is 11.0. The Morgan fingerprint density at radius 1 is 1.00 bits per heavy atom. The lowest BCUT2D eigenvalue weighted by Gasteiger charge is -2.34. The Morgan fingerprint density at radius 3 is 2.53 bits per heavy atom. The lowest BCUT2D eigenvalue weighted by atomic mass is 9.82. The van der Waals surface area contributed by atoms with Crippen LogP contribution in [0.2, 0.25) is 0 Å². The Kier molecular flexibility index (Phi) is 8.24. The lowest BCUT2D eigenvalue weighted by Crippen LogP contribution is -2.33. The molecule has 228 valence electrons. The number of nitriles is 1. The number of nitrogens with zero attached hydrogens (tertiary/aromatic N) is 4. The molecule has 0 spiro atoms. The minimum absolute atomic E-state index is 0.0206. The average Bonchev–Trinajstić information content (AvgIpc) is 3.35. The van der Waals surface area contributed by atoms with Gasteiger partial charge < -0.3 is 19.1 Å². The van der Waals surface area contributed by atoms with Gasteiger partial charge in [0.15, 0.2) is 0 Å². The maximum Gasteiger partial charge on any atom is 0.335 e. The molecule has 5 aromatic rings. The van der Waals surface area contributed by atoms with E-state index in [2.05, 4.69) is 9.97 Å². The summed E-state index contributed by atoms with van der Waals surface area (Å²) in [6.07, 6.45) is 1.82. The van der Waals surface area contributed by atoms with Gasteiger partial charge in [-0.2, -0.15) is 5.26 Å². The van der Waals surface area contributed by atoms with Crippen LogP contribution in [0.15, 0.2) is 66.7 Å². The van der Waals surface area contributed by atoms with Crippen molar-refractivity contribution in [2.24, 2.45) is 5.92 Å². The molecule has 2 aromatic heterocycles. The topological polar surface area (TPSA) is 110 Å². The fraction of sp³-hybridized carbons (Fsp3) is 0.235. The summed E-state index contributed by atoms with van der Waals surface area (Å²) in [5, 5.41) is 18.4. The molecule has 2 heterocycles. The van der Waals surface area contributed by atoms with Crippen molar-refractivity contribution in [3.8, 4) is 23.2 Å². The highest BCUT2D eigenvalue weighted by Crippen LogP contribution is 2.34. The van der Waals surface area contributed by atoms with Crippen molar-refractivity contribution >= 4 is 17.0 Å². The van der Waals surface area contributed by atoms with Gasteiger partial charge in [0.1, 0.15) is 29.9 Å². The summed E-state index contributed by atoms with van der Waals surface area (Å²) >= 11 is 0. The Bertz CT molecular complexity index is 1960.